The number of nitrogens with zero attached hydrogens (tertiary/aromatic N) is 1. The van der Waals surface area contributed by atoms with Crippen LogP contribution < -0.4 is 0 Å². The van der Waals surface area contributed by atoms with Crippen LogP contribution in [0.3, 0.4) is 0 Å². The Balaban J connectivity index is 1.73. The molecule has 0 aliphatic carbocycles. The summed E-state index contributed by atoms with van der Waals surface area (Å²) < 4.78 is 5.42. The van der Waals surface area contributed by atoms with E-state index in [4.69, 9.17) is 9.84 Å². The quantitative estimate of drug-likeness (QED) is 0.931. The third kappa shape index (κ3) is 2.99. The third-order valence-electron chi connectivity index (χ3n) is 4.75. The second-order valence-corrected chi connectivity index (χ2v) is 6.04. The van der Waals surface area contributed by atoms with Gasteiger partial charge in [0.1, 0.15) is 0 Å². The number of hydrogen-bond acceptors (Lipinski definition) is 3. The van der Waals surface area contributed by atoms with Crippen LogP contribution >= 0.6 is 0 Å². The van der Waals surface area contributed by atoms with Crippen molar-refractivity contribution in [2.45, 2.75) is 31.7 Å². The minimum absolute atomic E-state index is 0.0194. The van der Waals surface area contributed by atoms with Gasteiger partial charge in [-0.15, -0.1) is 0 Å². The Kier molecular flexibility index (Phi) is 4.43. The van der Waals surface area contributed by atoms with E-state index in [1.165, 1.54) is 12.1 Å². The van der Waals surface area contributed by atoms with E-state index >= 15 is 0 Å². The number of ether oxygens (including phenoxy) is 1. The molecule has 0 bridgehead atoms. The number of carbonyl (C=O) groups is 2. The van der Waals surface area contributed by atoms with Crippen molar-refractivity contribution in [3.63, 3.8) is 0 Å². The molecular formula is C17H21NO4. The molecule has 2 saturated heterocycles. The van der Waals surface area contributed by atoms with Gasteiger partial charge in [0.15, 0.2) is 0 Å². The second kappa shape index (κ2) is 6.48. The molecule has 1 atom stereocenters. The van der Waals surface area contributed by atoms with Crippen LogP contribution in [0.5, 0.6) is 0 Å². The van der Waals surface area contributed by atoms with Gasteiger partial charge < -0.3 is 14.7 Å². The second-order valence-electron chi connectivity index (χ2n) is 6.04. The Morgan fingerprint density at radius 2 is 1.68 bits per heavy atom. The lowest BCUT2D eigenvalue weighted by molar-refractivity contribution is 0.0322. The molecule has 1 aromatic carbocycles. The van der Waals surface area contributed by atoms with Gasteiger partial charge in [-0.1, -0.05) is 0 Å². The van der Waals surface area contributed by atoms with E-state index in [0.29, 0.717) is 17.5 Å². The monoisotopic (exact) mass is 303 g/mol. The van der Waals surface area contributed by atoms with Gasteiger partial charge in [-0.25, -0.2) is 4.79 Å². The molecule has 1 aromatic rings. The SMILES string of the molecule is O=C(O)c1ccc(C(=O)N2CCC[C@H]2C2CCOCC2)cc1. The van der Waals surface area contributed by atoms with Gasteiger partial charge in [0.25, 0.3) is 5.91 Å². The first kappa shape index (κ1) is 15.0. The molecule has 5 heteroatoms. The molecule has 22 heavy (non-hydrogen) atoms. The first-order chi connectivity index (χ1) is 10.7. The Bertz CT molecular complexity index is 548. The molecule has 2 heterocycles. The van der Waals surface area contributed by atoms with Crippen molar-refractivity contribution in [1.82, 2.24) is 4.90 Å². The maximum absolute atomic E-state index is 12.7. The summed E-state index contributed by atoms with van der Waals surface area (Å²) in [5.41, 5.74) is 0.780. The zero-order chi connectivity index (χ0) is 15.5. The average Bonchev–Trinajstić information content (AvgIpc) is 3.04. The van der Waals surface area contributed by atoms with Crippen molar-refractivity contribution in [1.29, 1.82) is 0 Å². The summed E-state index contributed by atoms with van der Waals surface area (Å²) >= 11 is 0. The number of amides is 1. The Hall–Kier alpha value is -1.88. The molecule has 3 rings (SSSR count). The summed E-state index contributed by atoms with van der Waals surface area (Å²) in [7, 11) is 0. The van der Waals surface area contributed by atoms with E-state index in [2.05, 4.69) is 0 Å². The van der Waals surface area contributed by atoms with Crippen LogP contribution in [0.15, 0.2) is 24.3 Å². The highest BCUT2D eigenvalue weighted by atomic mass is 16.5. The van der Waals surface area contributed by atoms with Gasteiger partial charge in [0, 0.05) is 31.4 Å². The highest BCUT2D eigenvalue weighted by Crippen LogP contribution is 2.31. The molecule has 0 saturated carbocycles. The van der Waals surface area contributed by atoms with Crippen molar-refractivity contribution in [2.24, 2.45) is 5.92 Å². The number of aromatic carboxylic acids is 1. The van der Waals surface area contributed by atoms with Crippen LogP contribution in [0.2, 0.25) is 0 Å². The molecule has 5 nitrogen and oxygen atoms in total. The van der Waals surface area contributed by atoms with E-state index < -0.39 is 5.97 Å². The zero-order valence-corrected chi connectivity index (χ0v) is 12.5. The average molecular weight is 303 g/mol. The van der Waals surface area contributed by atoms with Crippen LogP contribution in [-0.2, 0) is 4.74 Å². The van der Waals surface area contributed by atoms with E-state index in [9.17, 15) is 9.59 Å². The summed E-state index contributed by atoms with van der Waals surface area (Å²) in [6, 6.07) is 6.52. The molecule has 0 aromatic heterocycles. The summed E-state index contributed by atoms with van der Waals surface area (Å²) in [5.74, 6) is -0.426. The predicted molar refractivity (Wildman–Crippen MR) is 81.0 cm³/mol. The van der Waals surface area contributed by atoms with Gasteiger partial charge in [-0.2, -0.15) is 0 Å². The number of carboxylic acids is 1. The highest BCUT2D eigenvalue weighted by Gasteiger charge is 2.35. The van der Waals surface area contributed by atoms with Crippen molar-refractivity contribution in [2.75, 3.05) is 19.8 Å². The van der Waals surface area contributed by atoms with E-state index in [1.807, 2.05) is 4.90 Å². The Morgan fingerprint density at radius 3 is 2.32 bits per heavy atom. The largest absolute Gasteiger partial charge is 0.478 e. The lowest BCUT2D eigenvalue weighted by Crippen LogP contribution is -2.41. The number of likely N-dealkylation sites (tertiary alicyclic amines) is 1. The van der Waals surface area contributed by atoms with Gasteiger partial charge in [0.2, 0.25) is 0 Å². The number of rotatable bonds is 3. The van der Waals surface area contributed by atoms with Crippen LogP contribution in [0, 0.1) is 5.92 Å². The predicted octanol–water partition coefficient (Wildman–Crippen LogP) is 2.42. The van der Waals surface area contributed by atoms with Crippen molar-refractivity contribution in [3.05, 3.63) is 35.4 Å². The zero-order valence-electron chi connectivity index (χ0n) is 12.5. The van der Waals surface area contributed by atoms with E-state index in [1.54, 1.807) is 12.1 Å². The number of carbonyl (C=O) groups excluding carboxylic acids is 1. The maximum atomic E-state index is 12.7. The number of carboxylic acid groups (broad SMARTS) is 1. The van der Waals surface area contributed by atoms with Gasteiger partial charge >= 0.3 is 5.97 Å². The summed E-state index contributed by atoms with van der Waals surface area (Å²) in [4.78, 5) is 25.6. The molecule has 0 spiro atoms. The van der Waals surface area contributed by atoms with Gasteiger partial charge in [-0.05, 0) is 55.9 Å². The highest BCUT2D eigenvalue weighted by molar-refractivity contribution is 5.96. The lowest BCUT2D eigenvalue weighted by Gasteiger charge is -2.34. The molecule has 2 aliphatic heterocycles. The fraction of sp³-hybridized carbons (Fsp3) is 0.529. The van der Waals surface area contributed by atoms with Crippen molar-refractivity contribution >= 4 is 11.9 Å². The smallest absolute Gasteiger partial charge is 0.335 e. The molecule has 0 unspecified atom stereocenters. The lowest BCUT2D eigenvalue weighted by atomic mass is 9.90. The summed E-state index contributed by atoms with van der Waals surface area (Å²) in [6.07, 6.45) is 4.14. The Labute approximate surface area is 129 Å². The standard InChI is InChI=1S/C17H21NO4/c19-16(13-3-5-14(6-4-13)17(20)21)18-9-1-2-15(18)12-7-10-22-11-8-12/h3-6,12,15H,1-2,7-11H2,(H,20,21)/t15-/m0/s1. The third-order valence-corrected chi connectivity index (χ3v) is 4.75. The normalized spacial score (nSPS) is 22.7. The number of hydrogen-bond donors (Lipinski definition) is 1. The fourth-order valence-electron chi connectivity index (χ4n) is 3.56. The summed E-state index contributed by atoms with van der Waals surface area (Å²) in [5, 5.41) is 8.93. The molecular weight excluding hydrogens is 282 g/mol. The van der Waals surface area contributed by atoms with E-state index in [0.717, 1.165) is 45.4 Å². The first-order valence-electron chi connectivity index (χ1n) is 7.89. The van der Waals surface area contributed by atoms with E-state index in [-0.39, 0.29) is 11.5 Å². The summed E-state index contributed by atoms with van der Waals surface area (Å²) in [6.45, 7) is 2.37. The fourth-order valence-corrected chi connectivity index (χ4v) is 3.56. The van der Waals surface area contributed by atoms with Gasteiger partial charge in [0.05, 0.1) is 5.56 Å². The molecule has 1 N–H and O–H groups in total. The first-order valence-corrected chi connectivity index (χ1v) is 7.89. The number of benzene rings is 1. The molecule has 118 valence electrons. The van der Waals surface area contributed by atoms with Crippen LogP contribution in [-0.4, -0.2) is 47.7 Å². The molecule has 0 radical (unpaired) electrons. The minimum Gasteiger partial charge on any atom is -0.478 e. The van der Waals surface area contributed by atoms with Crippen LogP contribution in [0.1, 0.15) is 46.4 Å². The molecule has 2 aliphatic rings. The molecule has 1 amide bonds. The molecule has 2 fully saturated rings. The van der Waals surface area contributed by atoms with Crippen molar-refractivity contribution in [3.8, 4) is 0 Å². The minimum atomic E-state index is -0.972. The van der Waals surface area contributed by atoms with Crippen LogP contribution in [0.25, 0.3) is 0 Å². The Morgan fingerprint density at radius 1 is 1.05 bits per heavy atom. The van der Waals surface area contributed by atoms with Gasteiger partial charge in [-0.3, -0.25) is 4.79 Å². The van der Waals surface area contributed by atoms with Crippen molar-refractivity contribution < 1.29 is 19.4 Å². The maximum Gasteiger partial charge on any atom is 0.335 e. The topological polar surface area (TPSA) is 66.8 Å². The van der Waals surface area contributed by atoms with Crippen LogP contribution in [0.4, 0.5) is 0 Å².